The van der Waals surface area contributed by atoms with Crippen LogP contribution in [-0.2, 0) is 23.1 Å². The maximum absolute atomic E-state index is 13.1. The summed E-state index contributed by atoms with van der Waals surface area (Å²) in [5, 5.41) is 0. The van der Waals surface area contributed by atoms with Crippen molar-refractivity contribution in [1.29, 1.82) is 0 Å². The Hall–Kier alpha value is -0.0900. The molecule has 7 heteroatoms. The Morgan fingerprint density at radius 2 is 1.70 bits per heavy atom. The van der Waals surface area contributed by atoms with Crippen LogP contribution in [0, 0.1) is 5.92 Å². The predicted octanol–water partition coefficient (Wildman–Crippen LogP) is 3.94. The van der Waals surface area contributed by atoms with E-state index in [1.807, 2.05) is 0 Å². The predicted molar refractivity (Wildman–Crippen MR) is 78.0 cm³/mol. The van der Waals surface area contributed by atoms with E-state index < -0.39 is 19.4 Å². The highest BCUT2D eigenvalue weighted by Gasteiger charge is 2.47. The smallest absolute Gasteiger partial charge is 0.371 e. The first-order valence-corrected chi connectivity index (χ1v) is 9.15. The third-order valence-corrected chi connectivity index (χ3v) is 5.74. The fourth-order valence-electron chi connectivity index (χ4n) is 2.04. The second kappa shape index (κ2) is 7.79. The summed E-state index contributed by atoms with van der Waals surface area (Å²) in [5.41, 5.74) is 0. The van der Waals surface area contributed by atoms with Crippen LogP contribution in [0.2, 0.25) is 0 Å². The Morgan fingerprint density at radius 1 is 1.20 bits per heavy atom. The summed E-state index contributed by atoms with van der Waals surface area (Å²) >= 11 is 5.48. The third-order valence-electron chi connectivity index (χ3n) is 2.94. The first kappa shape index (κ1) is 18.0. The van der Waals surface area contributed by atoms with Gasteiger partial charge in [0, 0.05) is 5.92 Å². The van der Waals surface area contributed by atoms with Gasteiger partial charge in [-0.3, -0.25) is 9.36 Å². The monoisotopic (exact) mass is 326 g/mol. The fourth-order valence-corrected chi connectivity index (χ4v) is 4.63. The molecule has 0 aromatic carbocycles. The molecule has 0 radical (unpaired) electrons. The van der Waals surface area contributed by atoms with Gasteiger partial charge in [0.1, 0.15) is 5.88 Å². The Balaban J connectivity index is 2.95. The van der Waals surface area contributed by atoms with Gasteiger partial charge in [0.25, 0.3) is 0 Å². The van der Waals surface area contributed by atoms with Crippen molar-refractivity contribution in [3.05, 3.63) is 0 Å². The standard InChI is InChI=1S/C13H24ClO5P/c1-9(2)18-20(16,19-10(3)4)13(11-6-5-7-11)17-12(15)8-14/h9-11,13H,5-8H2,1-4H3/t13-/m0/s1. The molecule has 0 aromatic heterocycles. The average Bonchev–Trinajstić information content (AvgIpc) is 2.23. The normalized spacial score (nSPS) is 18.1. The Labute approximate surface area is 125 Å². The van der Waals surface area contributed by atoms with E-state index in [2.05, 4.69) is 0 Å². The maximum atomic E-state index is 13.1. The summed E-state index contributed by atoms with van der Waals surface area (Å²) in [6.45, 7) is 7.10. The summed E-state index contributed by atoms with van der Waals surface area (Å²) < 4.78 is 29.4. The maximum Gasteiger partial charge on any atom is 0.371 e. The van der Waals surface area contributed by atoms with E-state index in [1.165, 1.54) is 0 Å². The quantitative estimate of drug-likeness (QED) is 0.384. The number of hydrogen-bond donors (Lipinski definition) is 0. The minimum Gasteiger partial charge on any atom is -0.448 e. The number of ether oxygens (including phenoxy) is 1. The lowest BCUT2D eigenvalue weighted by atomic mass is 9.86. The van der Waals surface area contributed by atoms with E-state index >= 15 is 0 Å². The first-order chi connectivity index (χ1) is 9.28. The van der Waals surface area contributed by atoms with Crippen LogP contribution in [-0.4, -0.2) is 29.9 Å². The van der Waals surface area contributed by atoms with Crippen LogP contribution in [0.4, 0.5) is 0 Å². The van der Waals surface area contributed by atoms with Gasteiger partial charge < -0.3 is 13.8 Å². The SMILES string of the molecule is CC(C)OP(=O)(OC(C)C)[C@H](OC(=O)CCl)C1CCC1. The molecule has 0 aliphatic heterocycles. The van der Waals surface area contributed by atoms with Crippen molar-refractivity contribution < 1.29 is 23.1 Å². The molecule has 5 nitrogen and oxygen atoms in total. The van der Waals surface area contributed by atoms with Crippen molar-refractivity contribution in [1.82, 2.24) is 0 Å². The zero-order valence-corrected chi connectivity index (χ0v) is 14.2. The van der Waals surface area contributed by atoms with Gasteiger partial charge >= 0.3 is 13.6 Å². The van der Waals surface area contributed by atoms with Crippen LogP contribution in [0.5, 0.6) is 0 Å². The van der Waals surface area contributed by atoms with E-state index in [4.69, 9.17) is 25.4 Å². The topological polar surface area (TPSA) is 61.8 Å². The van der Waals surface area contributed by atoms with Crippen molar-refractivity contribution >= 4 is 25.2 Å². The number of carbonyl (C=O) groups is 1. The minimum absolute atomic E-state index is 0.0190. The van der Waals surface area contributed by atoms with Crippen LogP contribution in [0.15, 0.2) is 0 Å². The lowest BCUT2D eigenvalue weighted by Crippen LogP contribution is -2.34. The van der Waals surface area contributed by atoms with Gasteiger partial charge in [-0.15, -0.1) is 11.6 Å². The van der Waals surface area contributed by atoms with E-state index in [-0.39, 0.29) is 24.0 Å². The molecular formula is C13H24ClO5P. The van der Waals surface area contributed by atoms with Gasteiger partial charge in [-0.1, -0.05) is 6.42 Å². The molecule has 1 atom stereocenters. The summed E-state index contributed by atoms with van der Waals surface area (Å²) in [4.78, 5) is 11.5. The van der Waals surface area contributed by atoms with Crippen molar-refractivity contribution in [2.75, 3.05) is 5.88 Å². The molecular weight excluding hydrogens is 303 g/mol. The molecule has 0 spiro atoms. The second-order valence-electron chi connectivity index (χ2n) is 5.55. The number of halogens is 1. The highest BCUT2D eigenvalue weighted by molar-refractivity contribution is 7.54. The summed E-state index contributed by atoms with van der Waals surface area (Å²) in [5.74, 6) is -1.70. The molecule has 1 fully saturated rings. The largest absolute Gasteiger partial charge is 0.448 e. The van der Waals surface area contributed by atoms with Crippen LogP contribution in [0.3, 0.4) is 0 Å². The number of hydrogen-bond acceptors (Lipinski definition) is 5. The van der Waals surface area contributed by atoms with Crippen molar-refractivity contribution in [3.63, 3.8) is 0 Å². The molecule has 0 heterocycles. The van der Waals surface area contributed by atoms with E-state index in [0.717, 1.165) is 19.3 Å². The van der Waals surface area contributed by atoms with Crippen LogP contribution in [0.25, 0.3) is 0 Å². The molecule has 0 N–H and O–H groups in total. The molecule has 0 aromatic rings. The lowest BCUT2D eigenvalue weighted by Gasteiger charge is -2.37. The van der Waals surface area contributed by atoms with Crippen molar-refractivity contribution in [2.24, 2.45) is 5.92 Å². The van der Waals surface area contributed by atoms with E-state index in [9.17, 15) is 9.36 Å². The molecule has 1 aliphatic carbocycles. The summed E-state index contributed by atoms with van der Waals surface area (Å²) in [7, 11) is -3.53. The zero-order chi connectivity index (χ0) is 15.3. The number of carbonyl (C=O) groups excluding carboxylic acids is 1. The Kier molecular flexibility index (Phi) is 6.99. The molecule has 0 amide bonds. The fraction of sp³-hybridized carbons (Fsp3) is 0.923. The minimum atomic E-state index is -3.53. The Bertz CT molecular complexity index is 354. The molecule has 0 unspecified atom stereocenters. The van der Waals surface area contributed by atoms with E-state index in [1.54, 1.807) is 27.7 Å². The molecule has 0 bridgehead atoms. The van der Waals surface area contributed by atoms with Gasteiger partial charge in [-0.25, -0.2) is 0 Å². The van der Waals surface area contributed by atoms with Crippen LogP contribution >= 0.6 is 19.2 Å². The van der Waals surface area contributed by atoms with E-state index in [0.29, 0.717) is 0 Å². The van der Waals surface area contributed by atoms with Crippen LogP contribution < -0.4 is 0 Å². The first-order valence-electron chi connectivity index (χ1n) is 7.00. The van der Waals surface area contributed by atoms with Gasteiger partial charge in [0.2, 0.25) is 5.85 Å². The average molecular weight is 327 g/mol. The molecule has 1 saturated carbocycles. The third kappa shape index (κ3) is 5.03. The molecule has 20 heavy (non-hydrogen) atoms. The number of rotatable bonds is 8. The molecule has 0 saturated heterocycles. The molecule has 1 rings (SSSR count). The van der Waals surface area contributed by atoms with Crippen molar-refractivity contribution in [2.45, 2.75) is 65.0 Å². The highest BCUT2D eigenvalue weighted by Crippen LogP contribution is 2.60. The summed E-state index contributed by atoms with van der Waals surface area (Å²) in [6.07, 6.45) is 2.18. The second-order valence-corrected chi connectivity index (χ2v) is 7.83. The van der Waals surface area contributed by atoms with Gasteiger partial charge in [0.15, 0.2) is 0 Å². The van der Waals surface area contributed by atoms with Gasteiger partial charge in [-0.05, 0) is 40.5 Å². The zero-order valence-electron chi connectivity index (χ0n) is 12.5. The lowest BCUT2D eigenvalue weighted by molar-refractivity contribution is -0.147. The van der Waals surface area contributed by atoms with Crippen molar-refractivity contribution in [3.8, 4) is 0 Å². The van der Waals surface area contributed by atoms with Gasteiger partial charge in [-0.2, -0.15) is 0 Å². The Morgan fingerprint density at radius 3 is 2.00 bits per heavy atom. The number of esters is 1. The summed E-state index contributed by atoms with van der Waals surface area (Å²) in [6, 6.07) is 0. The molecule has 1 aliphatic rings. The number of alkyl halides is 1. The van der Waals surface area contributed by atoms with Gasteiger partial charge in [0.05, 0.1) is 12.2 Å². The molecule has 118 valence electrons. The highest BCUT2D eigenvalue weighted by atomic mass is 35.5. The van der Waals surface area contributed by atoms with Crippen LogP contribution in [0.1, 0.15) is 47.0 Å².